The molecule has 0 heterocycles. The van der Waals surface area contributed by atoms with E-state index in [2.05, 4.69) is 13.2 Å². The monoisotopic (exact) mass is 518 g/mol. The van der Waals surface area contributed by atoms with Crippen molar-refractivity contribution in [2.45, 2.75) is 20.5 Å². The summed E-state index contributed by atoms with van der Waals surface area (Å²) >= 11 is 0. The SMILES string of the molecule is C=C(C)C(=O)OCOc1ccc(-c2ccc(-c3ccc(OCOC(=O)C(=C)C)c(OC)c3)cc2)cc1CO. The van der Waals surface area contributed by atoms with Gasteiger partial charge in [-0.15, -0.1) is 0 Å². The van der Waals surface area contributed by atoms with E-state index >= 15 is 0 Å². The van der Waals surface area contributed by atoms with E-state index in [-0.39, 0.29) is 31.3 Å². The largest absolute Gasteiger partial charge is 0.493 e. The summed E-state index contributed by atoms with van der Waals surface area (Å²) in [6.45, 7) is 9.39. The molecule has 8 heteroatoms. The minimum Gasteiger partial charge on any atom is -0.493 e. The molecule has 0 spiro atoms. The Morgan fingerprint density at radius 2 is 1.13 bits per heavy atom. The highest BCUT2D eigenvalue weighted by Crippen LogP contribution is 2.34. The summed E-state index contributed by atoms with van der Waals surface area (Å²) in [5.74, 6) is 0.283. The lowest BCUT2D eigenvalue weighted by Gasteiger charge is -2.14. The molecule has 8 nitrogen and oxygen atoms in total. The predicted molar refractivity (Wildman–Crippen MR) is 143 cm³/mol. The quantitative estimate of drug-likeness (QED) is 0.192. The lowest BCUT2D eigenvalue weighted by molar-refractivity contribution is -0.146. The number of aliphatic hydroxyl groups excluding tert-OH is 1. The van der Waals surface area contributed by atoms with Gasteiger partial charge in [-0.1, -0.05) is 49.6 Å². The average Bonchev–Trinajstić information content (AvgIpc) is 2.93. The molecule has 0 amide bonds. The topological polar surface area (TPSA) is 101 Å². The zero-order valence-corrected chi connectivity index (χ0v) is 21.6. The van der Waals surface area contributed by atoms with Gasteiger partial charge in [-0.25, -0.2) is 9.59 Å². The molecule has 3 rings (SSSR count). The standard InChI is InChI=1S/C30H30O8/c1-19(2)29(32)37-17-35-26-12-10-23(14-25(26)16-31)21-6-8-22(9-7-21)24-11-13-27(28(15-24)34-5)36-18-38-30(33)20(3)4/h6-15,31H,1,3,16-18H2,2,4-5H3. The van der Waals surface area contributed by atoms with Gasteiger partial charge in [-0.3, -0.25) is 0 Å². The van der Waals surface area contributed by atoms with E-state index in [0.717, 1.165) is 22.3 Å². The highest BCUT2D eigenvalue weighted by molar-refractivity contribution is 5.87. The Morgan fingerprint density at radius 1 is 0.684 bits per heavy atom. The molecule has 38 heavy (non-hydrogen) atoms. The maximum absolute atomic E-state index is 11.5. The van der Waals surface area contributed by atoms with Crippen LogP contribution < -0.4 is 14.2 Å². The van der Waals surface area contributed by atoms with E-state index in [0.29, 0.717) is 22.8 Å². The van der Waals surface area contributed by atoms with Crippen LogP contribution in [0.3, 0.4) is 0 Å². The van der Waals surface area contributed by atoms with E-state index < -0.39 is 11.9 Å². The van der Waals surface area contributed by atoms with E-state index in [1.54, 1.807) is 26.0 Å². The molecule has 0 aliphatic carbocycles. The first-order chi connectivity index (χ1) is 18.2. The van der Waals surface area contributed by atoms with Gasteiger partial charge >= 0.3 is 11.9 Å². The second-order valence-electron chi connectivity index (χ2n) is 8.37. The molecule has 3 aromatic carbocycles. The second kappa shape index (κ2) is 13.1. The predicted octanol–water partition coefficient (Wildman–Crippen LogP) is 5.43. The Kier molecular flexibility index (Phi) is 9.67. The van der Waals surface area contributed by atoms with Gasteiger partial charge < -0.3 is 28.8 Å². The van der Waals surface area contributed by atoms with Crippen molar-refractivity contribution < 1.29 is 38.4 Å². The van der Waals surface area contributed by atoms with Crippen LogP contribution in [0.2, 0.25) is 0 Å². The third kappa shape index (κ3) is 7.24. The van der Waals surface area contributed by atoms with Crippen molar-refractivity contribution in [3.63, 3.8) is 0 Å². The van der Waals surface area contributed by atoms with Gasteiger partial charge in [-0.2, -0.15) is 0 Å². The molecule has 0 saturated heterocycles. The normalized spacial score (nSPS) is 10.3. The van der Waals surface area contributed by atoms with Crippen LogP contribution in [-0.2, 0) is 25.7 Å². The Labute approximate surface area is 221 Å². The summed E-state index contributed by atoms with van der Waals surface area (Å²) in [4.78, 5) is 23.0. The number of esters is 2. The first-order valence-electron chi connectivity index (χ1n) is 11.7. The Morgan fingerprint density at radius 3 is 1.61 bits per heavy atom. The van der Waals surface area contributed by atoms with Crippen molar-refractivity contribution in [3.8, 4) is 39.5 Å². The van der Waals surface area contributed by atoms with Gasteiger partial charge in [0.15, 0.2) is 11.5 Å². The average molecular weight is 519 g/mol. The van der Waals surface area contributed by atoms with E-state index in [9.17, 15) is 14.7 Å². The van der Waals surface area contributed by atoms with Crippen molar-refractivity contribution in [1.82, 2.24) is 0 Å². The van der Waals surface area contributed by atoms with Gasteiger partial charge in [0.05, 0.1) is 13.7 Å². The molecule has 0 saturated carbocycles. The first-order valence-corrected chi connectivity index (χ1v) is 11.7. The van der Waals surface area contributed by atoms with Gasteiger partial charge in [0, 0.05) is 16.7 Å². The zero-order valence-electron chi connectivity index (χ0n) is 21.6. The summed E-state index contributed by atoms with van der Waals surface area (Å²) in [6.07, 6.45) is 0. The highest BCUT2D eigenvalue weighted by atomic mass is 16.7. The van der Waals surface area contributed by atoms with Crippen LogP contribution in [0.5, 0.6) is 17.2 Å². The van der Waals surface area contributed by atoms with E-state index in [1.165, 1.54) is 7.11 Å². The smallest absolute Gasteiger partial charge is 0.335 e. The molecular formula is C30H30O8. The summed E-state index contributed by atoms with van der Waals surface area (Å²) in [5.41, 5.74) is 4.81. The maximum atomic E-state index is 11.5. The number of methoxy groups -OCH3 is 1. The molecule has 0 radical (unpaired) electrons. The van der Waals surface area contributed by atoms with Gasteiger partial charge in [-0.05, 0) is 60.4 Å². The summed E-state index contributed by atoms with van der Waals surface area (Å²) < 4.78 is 26.4. The van der Waals surface area contributed by atoms with Crippen molar-refractivity contribution >= 4 is 11.9 Å². The molecule has 0 aliphatic heterocycles. The number of benzene rings is 3. The lowest BCUT2D eigenvalue weighted by atomic mass is 9.98. The molecule has 0 atom stereocenters. The van der Waals surface area contributed by atoms with Gasteiger partial charge in [0.1, 0.15) is 5.75 Å². The number of rotatable bonds is 12. The minimum atomic E-state index is -0.545. The van der Waals surface area contributed by atoms with Crippen LogP contribution in [-0.4, -0.2) is 37.7 Å². The van der Waals surface area contributed by atoms with Crippen molar-refractivity contribution in [2.75, 3.05) is 20.7 Å². The molecule has 0 aromatic heterocycles. The number of hydrogen-bond acceptors (Lipinski definition) is 8. The second-order valence-corrected chi connectivity index (χ2v) is 8.37. The van der Waals surface area contributed by atoms with Crippen LogP contribution in [0.4, 0.5) is 0 Å². The Bertz CT molecular complexity index is 1220. The summed E-state index contributed by atoms with van der Waals surface area (Å²) in [7, 11) is 1.53. The number of ether oxygens (including phenoxy) is 5. The Balaban J connectivity index is 1.70. The van der Waals surface area contributed by atoms with Crippen LogP contribution in [0.15, 0.2) is 85.0 Å². The van der Waals surface area contributed by atoms with Crippen LogP contribution in [0.25, 0.3) is 22.3 Å². The fourth-order valence-electron chi connectivity index (χ4n) is 3.38. The van der Waals surface area contributed by atoms with E-state index in [1.807, 2.05) is 48.5 Å². The zero-order chi connectivity index (χ0) is 27.7. The first kappa shape index (κ1) is 28.0. The third-order valence-electron chi connectivity index (χ3n) is 5.45. The van der Waals surface area contributed by atoms with Crippen LogP contribution in [0, 0.1) is 0 Å². The molecule has 0 bridgehead atoms. The Hall–Kier alpha value is -4.56. The van der Waals surface area contributed by atoms with E-state index in [4.69, 9.17) is 23.7 Å². The minimum absolute atomic E-state index is 0.240. The molecule has 0 aliphatic rings. The molecule has 1 N–H and O–H groups in total. The molecule has 198 valence electrons. The third-order valence-corrected chi connectivity index (χ3v) is 5.45. The van der Waals surface area contributed by atoms with Gasteiger partial charge in [0.25, 0.3) is 0 Å². The van der Waals surface area contributed by atoms with Crippen molar-refractivity contribution in [2.24, 2.45) is 0 Å². The highest BCUT2D eigenvalue weighted by Gasteiger charge is 2.11. The summed E-state index contributed by atoms with van der Waals surface area (Å²) in [5, 5.41) is 9.80. The molecule has 0 fully saturated rings. The van der Waals surface area contributed by atoms with Crippen LogP contribution >= 0.6 is 0 Å². The number of hydrogen-bond donors (Lipinski definition) is 1. The maximum Gasteiger partial charge on any atom is 0.335 e. The van der Waals surface area contributed by atoms with Gasteiger partial charge in [0.2, 0.25) is 13.6 Å². The molecule has 3 aromatic rings. The fourth-order valence-corrected chi connectivity index (χ4v) is 3.38. The number of aliphatic hydroxyl groups is 1. The summed E-state index contributed by atoms with van der Waals surface area (Å²) in [6, 6.07) is 18.7. The lowest BCUT2D eigenvalue weighted by Crippen LogP contribution is -2.11. The fraction of sp³-hybridized carbons (Fsp3) is 0.200. The molecule has 0 unspecified atom stereocenters. The van der Waals surface area contributed by atoms with Crippen molar-refractivity contribution in [1.29, 1.82) is 0 Å². The number of carbonyl (C=O) groups excluding carboxylic acids is 2. The van der Waals surface area contributed by atoms with Crippen molar-refractivity contribution in [3.05, 3.63) is 90.5 Å². The number of carbonyl (C=O) groups is 2. The molecular weight excluding hydrogens is 488 g/mol. The van der Waals surface area contributed by atoms with Crippen LogP contribution in [0.1, 0.15) is 19.4 Å².